The zero-order valence-electron chi connectivity index (χ0n) is 14.7. The molecular weight excluding hydrogens is 300 g/mol. The summed E-state index contributed by atoms with van der Waals surface area (Å²) in [6.45, 7) is 11.7. The Balaban J connectivity index is 0.00000441. The van der Waals surface area contributed by atoms with Crippen molar-refractivity contribution in [1.29, 1.82) is 0 Å². The largest absolute Gasteiger partial charge is 0.342 e. The number of carbonyl (C=O) groups excluding carboxylic acids is 1. The summed E-state index contributed by atoms with van der Waals surface area (Å²) in [6.07, 6.45) is 1.83. The number of nitrogens with zero attached hydrogens (tertiary/aromatic N) is 3. The van der Waals surface area contributed by atoms with Crippen molar-refractivity contribution in [2.45, 2.75) is 60.0 Å². The van der Waals surface area contributed by atoms with E-state index >= 15 is 0 Å². The monoisotopic (exact) mass is 330 g/mol. The van der Waals surface area contributed by atoms with E-state index in [0.717, 1.165) is 36.3 Å². The number of aryl methyl sites for hydroxylation is 2. The molecule has 0 spiro atoms. The van der Waals surface area contributed by atoms with E-state index in [1.54, 1.807) is 4.90 Å². The topological polar surface area (TPSA) is 64.2 Å². The number of hydrogen-bond acceptors (Lipinski definition) is 3. The number of amides is 1. The third-order valence-electron chi connectivity index (χ3n) is 4.03. The van der Waals surface area contributed by atoms with Gasteiger partial charge in [-0.1, -0.05) is 20.8 Å². The molecule has 0 aliphatic carbocycles. The minimum atomic E-state index is 0. The molecule has 0 aliphatic rings. The maximum absolute atomic E-state index is 12.6. The Bertz CT molecular complexity index is 485. The summed E-state index contributed by atoms with van der Waals surface area (Å²) < 4.78 is 1.93. The molecule has 1 atom stereocenters. The Hall–Kier alpha value is -1.07. The van der Waals surface area contributed by atoms with E-state index in [-0.39, 0.29) is 24.4 Å². The van der Waals surface area contributed by atoms with Gasteiger partial charge in [-0.05, 0) is 32.6 Å². The Morgan fingerprint density at radius 3 is 2.45 bits per heavy atom. The molecule has 2 N–H and O–H groups in total. The highest BCUT2D eigenvalue weighted by Crippen LogP contribution is 2.16. The molecule has 0 radical (unpaired) electrons. The van der Waals surface area contributed by atoms with E-state index < -0.39 is 0 Å². The van der Waals surface area contributed by atoms with E-state index in [4.69, 9.17) is 5.73 Å². The summed E-state index contributed by atoms with van der Waals surface area (Å²) in [5.74, 6) is 0.479. The van der Waals surface area contributed by atoms with Crippen LogP contribution < -0.4 is 5.73 Å². The first kappa shape index (κ1) is 20.9. The van der Waals surface area contributed by atoms with Crippen molar-refractivity contribution in [3.8, 4) is 0 Å². The van der Waals surface area contributed by atoms with Gasteiger partial charge in [-0.25, -0.2) is 0 Å². The minimum Gasteiger partial charge on any atom is -0.342 e. The summed E-state index contributed by atoms with van der Waals surface area (Å²) in [6, 6.07) is 0.130. The summed E-state index contributed by atoms with van der Waals surface area (Å²) in [4.78, 5) is 14.4. The van der Waals surface area contributed by atoms with Crippen molar-refractivity contribution >= 4 is 18.3 Å². The van der Waals surface area contributed by atoms with Crippen LogP contribution in [-0.2, 0) is 6.54 Å². The van der Waals surface area contributed by atoms with Crippen LogP contribution in [0.2, 0.25) is 0 Å². The van der Waals surface area contributed by atoms with Crippen LogP contribution in [0.25, 0.3) is 0 Å². The van der Waals surface area contributed by atoms with Gasteiger partial charge >= 0.3 is 0 Å². The first-order valence-corrected chi connectivity index (χ1v) is 7.84. The van der Waals surface area contributed by atoms with Crippen LogP contribution >= 0.6 is 12.4 Å². The van der Waals surface area contributed by atoms with Crippen LogP contribution in [0.5, 0.6) is 0 Å². The maximum atomic E-state index is 12.6. The third kappa shape index (κ3) is 4.99. The highest BCUT2D eigenvalue weighted by Gasteiger charge is 2.22. The normalized spacial score (nSPS) is 12.2. The SMILES string of the molecule is CCCn1nc(C)c(C(=O)N(C)CCC(N)C(C)C)c1C.Cl. The average Bonchev–Trinajstić information content (AvgIpc) is 2.70. The van der Waals surface area contributed by atoms with Crippen LogP contribution in [0.3, 0.4) is 0 Å². The molecule has 1 unspecified atom stereocenters. The molecule has 1 rings (SSSR count). The van der Waals surface area contributed by atoms with Gasteiger partial charge in [0.15, 0.2) is 0 Å². The second-order valence-corrected chi connectivity index (χ2v) is 6.19. The van der Waals surface area contributed by atoms with Gasteiger partial charge in [-0.3, -0.25) is 9.48 Å². The molecule has 0 saturated carbocycles. The van der Waals surface area contributed by atoms with Crippen LogP contribution in [0.1, 0.15) is 55.4 Å². The molecule has 0 fully saturated rings. The average molecular weight is 331 g/mol. The second kappa shape index (κ2) is 9.16. The van der Waals surface area contributed by atoms with Gasteiger partial charge in [-0.15, -0.1) is 12.4 Å². The molecule has 128 valence electrons. The molecule has 1 aromatic heterocycles. The molecule has 6 heteroatoms. The number of rotatable bonds is 7. The highest BCUT2D eigenvalue weighted by atomic mass is 35.5. The van der Waals surface area contributed by atoms with Crippen LogP contribution in [0.4, 0.5) is 0 Å². The molecule has 0 aromatic carbocycles. The van der Waals surface area contributed by atoms with E-state index in [9.17, 15) is 4.79 Å². The van der Waals surface area contributed by atoms with Gasteiger partial charge in [0.2, 0.25) is 0 Å². The number of hydrogen-bond donors (Lipinski definition) is 1. The van der Waals surface area contributed by atoms with Crippen LogP contribution in [0.15, 0.2) is 0 Å². The Morgan fingerprint density at radius 1 is 1.36 bits per heavy atom. The lowest BCUT2D eigenvalue weighted by Crippen LogP contribution is -2.35. The van der Waals surface area contributed by atoms with Crippen LogP contribution in [0, 0.1) is 19.8 Å². The zero-order valence-corrected chi connectivity index (χ0v) is 15.5. The number of halogens is 1. The maximum Gasteiger partial charge on any atom is 0.257 e. The predicted octanol–water partition coefficient (Wildman–Crippen LogP) is 2.78. The minimum absolute atomic E-state index is 0. The van der Waals surface area contributed by atoms with Gasteiger partial charge in [0.1, 0.15) is 0 Å². The van der Waals surface area contributed by atoms with Crippen molar-refractivity contribution < 1.29 is 4.79 Å². The van der Waals surface area contributed by atoms with Gasteiger partial charge < -0.3 is 10.6 Å². The fraction of sp³-hybridized carbons (Fsp3) is 0.750. The summed E-state index contributed by atoms with van der Waals surface area (Å²) >= 11 is 0. The quantitative estimate of drug-likeness (QED) is 0.836. The Morgan fingerprint density at radius 2 is 1.95 bits per heavy atom. The molecule has 22 heavy (non-hydrogen) atoms. The zero-order chi connectivity index (χ0) is 16.2. The van der Waals surface area contributed by atoms with Crippen LogP contribution in [-0.4, -0.2) is 40.2 Å². The molecule has 1 amide bonds. The highest BCUT2D eigenvalue weighted by molar-refractivity contribution is 5.96. The van der Waals surface area contributed by atoms with Gasteiger partial charge in [0.05, 0.1) is 11.3 Å². The number of carbonyl (C=O) groups is 1. The van der Waals surface area contributed by atoms with E-state index in [1.165, 1.54) is 0 Å². The summed E-state index contributed by atoms with van der Waals surface area (Å²) in [5, 5.41) is 4.47. The molecule has 1 heterocycles. The predicted molar refractivity (Wildman–Crippen MR) is 93.6 cm³/mol. The number of nitrogens with two attached hydrogens (primary N) is 1. The summed E-state index contributed by atoms with van der Waals surface area (Å²) in [5.41, 5.74) is 8.56. The fourth-order valence-corrected chi connectivity index (χ4v) is 2.40. The first-order chi connectivity index (χ1) is 9.79. The van der Waals surface area contributed by atoms with Crippen molar-refractivity contribution in [3.05, 3.63) is 17.0 Å². The third-order valence-corrected chi connectivity index (χ3v) is 4.03. The molecular formula is C16H31ClN4O. The van der Waals surface area contributed by atoms with Gasteiger partial charge in [0, 0.05) is 31.9 Å². The lowest BCUT2D eigenvalue weighted by atomic mass is 10.0. The van der Waals surface area contributed by atoms with Gasteiger partial charge in [0.25, 0.3) is 5.91 Å². The van der Waals surface area contributed by atoms with E-state index in [2.05, 4.69) is 25.9 Å². The fourth-order valence-electron chi connectivity index (χ4n) is 2.40. The molecule has 0 aliphatic heterocycles. The Kier molecular flexibility index (Phi) is 8.71. The van der Waals surface area contributed by atoms with Gasteiger partial charge in [-0.2, -0.15) is 5.10 Å². The molecule has 0 bridgehead atoms. The van der Waals surface area contributed by atoms with Crippen molar-refractivity contribution in [2.75, 3.05) is 13.6 Å². The lowest BCUT2D eigenvalue weighted by Gasteiger charge is -2.21. The number of aromatic nitrogens is 2. The Labute approximate surface area is 140 Å². The van der Waals surface area contributed by atoms with Crippen molar-refractivity contribution in [3.63, 3.8) is 0 Å². The summed E-state index contributed by atoms with van der Waals surface area (Å²) in [7, 11) is 1.84. The van der Waals surface area contributed by atoms with Crippen molar-refractivity contribution in [1.82, 2.24) is 14.7 Å². The molecule has 5 nitrogen and oxygen atoms in total. The first-order valence-electron chi connectivity index (χ1n) is 7.84. The standard InChI is InChI=1S/C16H30N4O.ClH/c1-7-9-20-13(5)15(12(4)18-20)16(21)19(6)10-8-14(17)11(2)3;/h11,14H,7-10,17H2,1-6H3;1H. The second-order valence-electron chi connectivity index (χ2n) is 6.19. The molecule has 0 saturated heterocycles. The van der Waals surface area contributed by atoms with E-state index in [1.807, 2.05) is 25.6 Å². The smallest absolute Gasteiger partial charge is 0.257 e. The lowest BCUT2D eigenvalue weighted by molar-refractivity contribution is 0.0787. The van der Waals surface area contributed by atoms with Crippen molar-refractivity contribution in [2.24, 2.45) is 11.7 Å². The molecule has 1 aromatic rings. The van der Waals surface area contributed by atoms with E-state index in [0.29, 0.717) is 12.5 Å².